The molecule has 6 nitrogen and oxygen atoms in total. The molecule has 0 saturated carbocycles. The molecule has 2 N–H and O–H groups in total. The average Bonchev–Trinajstić information content (AvgIpc) is 2.54. The summed E-state index contributed by atoms with van der Waals surface area (Å²) in [4.78, 5) is 12.2. The molecule has 21 heavy (non-hydrogen) atoms. The Balaban J connectivity index is 2.07. The summed E-state index contributed by atoms with van der Waals surface area (Å²) in [5, 5.41) is 13.6. The van der Waals surface area contributed by atoms with E-state index in [-0.39, 0.29) is 5.91 Å². The molecular formula is C15H16N4O2. The van der Waals surface area contributed by atoms with Gasteiger partial charge in [-0.1, -0.05) is 18.2 Å². The number of hydrogen-bond donors (Lipinski definition) is 2. The van der Waals surface area contributed by atoms with E-state index < -0.39 is 0 Å². The first kappa shape index (κ1) is 14.5. The Morgan fingerprint density at radius 3 is 2.62 bits per heavy atom. The van der Waals surface area contributed by atoms with Gasteiger partial charge in [0.2, 0.25) is 0 Å². The van der Waals surface area contributed by atoms with Crippen molar-refractivity contribution < 1.29 is 9.53 Å². The molecule has 0 aliphatic heterocycles. The summed E-state index contributed by atoms with van der Waals surface area (Å²) >= 11 is 0. The lowest BCUT2D eigenvalue weighted by Crippen LogP contribution is -2.14. The number of benzene rings is 1. The van der Waals surface area contributed by atoms with Gasteiger partial charge in [0.15, 0.2) is 5.82 Å². The summed E-state index contributed by atoms with van der Waals surface area (Å²) in [7, 11) is 1.52. The first-order valence-corrected chi connectivity index (χ1v) is 6.37. The Bertz CT molecular complexity index is 626. The number of anilines is 2. The molecule has 0 saturated heterocycles. The highest BCUT2D eigenvalue weighted by molar-refractivity contribution is 6.05. The third-order valence-corrected chi connectivity index (χ3v) is 2.69. The molecule has 2 aromatic rings. The van der Waals surface area contributed by atoms with Crippen molar-refractivity contribution in [3.05, 3.63) is 54.6 Å². The van der Waals surface area contributed by atoms with Gasteiger partial charge in [0.1, 0.15) is 11.6 Å². The van der Waals surface area contributed by atoms with Crippen LogP contribution in [0.5, 0.6) is 5.75 Å². The summed E-state index contributed by atoms with van der Waals surface area (Å²) in [5.74, 6) is 1.20. The maximum absolute atomic E-state index is 12.2. The predicted molar refractivity (Wildman–Crippen MR) is 81.7 cm³/mol. The summed E-state index contributed by atoms with van der Waals surface area (Å²) in [6.45, 7) is 4.20. The lowest BCUT2D eigenvalue weighted by molar-refractivity contribution is 0.102. The van der Waals surface area contributed by atoms with Crippen LogP contribution in [0, 0.1) is 0 Å². The summed E-state index contributed by atoms with van der Waals surface area (Å²) in [6.07, 6.45) is 1.72. The average molecular weight is 284 g/mol. The van der Waals surface area contributed by atoms with Crippen molar-refractivity contribution in [1.82, 2.24) is 10.2 Å². The van der Waals surface area contributed by atoms with Crippen molar-refractivity contribution in [3.8, 4) is 5.75 Å². The van der Waals surface area contributed by atoms with Gasteiger partial charge in [0, 0.05) is 6.54 Å². The largest absolute Gasteiger partial charge is 0.496 e. The van der Waals surface area contributed by atoms with Crippen molar-refractivity contribution in [1.29, 1.82) is 0 Å². The van der Waals surface area contributed by atoms with Gasteiger partial charge in [-0.25, -0.2) is 0 Å². The Morgan fingerprint density at radius 2 is 1.95 bits per heavy atom. The van der Waals surface area contributed by atoms with Gasteiger partial charge in [0.05, 0.1) is 12.7 Å². The first-order valence-electron chi connectivity index (χ1n) is 6.37. The van der Waals surface area contributed by atoms with Crippen LogP contribution in [0.25, 0.3) is 0 Å². The maximum Gasteiger partial charge on any atom is 0.260 e. The van der Waals surface area contributed by atoms with Crippen LogP contribution in [0.3, 0.4) is 0 Å². The van der Waals surface area contributed by atoms with Gasteiger partial charge in [-0.3, -0.25) is 4.79 Å². The molecule has 1 heterocycles. The zero-order chi connectivity index (χ0) is 15.1. The van der Waals surface area contributed by atoms with E-state index in [0.29, 0.717) is 29.5 Å². The highest BCUT2D eigenvalue weighted by Crippen LogP contribution is 2.18. The zero-order valence-electron chi connectivity index (χ0n) is 11.7. The minimum Gasteiger partial charge on any atom is -0.496 e. The fraction of sp³-hybridized carbons (Fsp3) is 0.133. The summed E-state index contributed by atoms with van der Waals surface area (Å²) in [6, 6.07) is 10.4. The monoisotopic (exact) mass is 284 g/mol. The lowest BCUT2D eigenvalue weighted by atomic mass is 10.2. The second kappa shape index (κ2) is 7.04. The SMILES string of the molecule is C=CCNc1ccc(NC(=O)c2ccccc2OC)nn1. The van der Waals surface area contributed by atoms with Crippen LogP contribution in [0.4, 0.5) is 11.6 Å². The second-order valence-corrected chi connectivity index (χ2v) is 4.13. The van der Waals surface area contributed by atoms with Gasteiger partial charge >= 0.3 is 0 Å². The van der Waals surface area contributed by atoms with Crippen molar-refractivity contribution in [3.63, 3.8) is 0 Å². The molecule has 1 aromatic heterocycles. The number of carbonyl (C=O) groups is 1. The van der Waals surface area contributed by atoms with Gasteiger partial charge in [-0.15, -0.1) is 16.8 Å². The van der Waals surface area contributed by atoms with Crippen molar-refractivity contribution in [2.75, 3.05) is 24.3 Å². The molecule has 0 unspecified atom stereocenters. The molecule has 0 fully saturated rings. The first-order chi connectivity index (χ1) is 10.2. The maximum atomic E-state index is 12.2. The molecule has 1 amide bonds. The van der Waals surface area contributed by atoms with Crippen LogP contribution < -0.4 is 15.4 Å². The topological polar surface area (TPSA) is 76.1 Å². The number of amides is 1. The molecule has 0 radical (unpaired) electrons. The smallest absolute Gasteiger partial charge is 0.260 e. The van der Waals surface area contributed by atoms with E-state index in [1.54, 1.807) is 42.5 Å². The van der Waals surface area contributed by atoms with Gasteiger partial charge in [-0.2, -0.15) is 0 Å². The third kappa shape index (κ3) is 3.79. The van der Waals surface area contributed by atoms with E-state index in [1.165, 1.54) is 7.11 Å². The van der Waals surface area contributed by atoms with Crippen molar-refractivity contribution in [2.45, 2.75) is 0 Å². The number of nitrogens with one attached hydrogen (secondary N) is 2. The number of nitrogens with zero attached hydrogens (tertiary/aromatic N) is 2. The van der Waals surface area contributed by atoms with Crippen molar-refractivity contribution >= 4 is 17.5 Å². The van der Waals surface area contributed by atoms with Crippen LogP contribution in [0.15, 0.2) is 49.1 Å². The number of hydrogen-bond acceptors (Lipinski definition) is 5. The number of ether oxygens (including phenoxy) is 1. The molecule has 0 atom stereocenters. The van der Waals surface area contributed by atoms with E-state index in [4.69, 9.17) is 4.74 Å². The quantitative estimate of drug-likeness (QED) is 0.796. The third-order valence-electron chi connectivity index (χ3n) is 2.69. The standard InChI is InChI=1S/C15H16N4O2/c1-3-10-16-13-8-9-14(19-18-13)17-15(20)11-6-4-5-7-12(11)21-2/h3-9H,1,10H2,2H3,(H,16,18)(H,17,19,20). The molecule has 0 bridgehead atoms. The lowest BCUT2D eigenvalue weighted by Gasteiger charge is -2.08. The van der Waals surface area contributed by atoms with Crippen molar-refractivity contribution in [2.24, 2.45) is 0 Å². The Morgan fingerprint density at radius 1 is 1.24 bits per heavy atom. The minimum atomic E-state index is -0.298. The second-order valence-electron chi connectivity index (χ2n) is 4.13. The normalized spacial score (nSPS) is 9.76. The van der Waals surface area contributed by atoms with E-state index in [0.717, 1.165) is 0 Å². The fourth-order valence-corrected chi connectivity index (χ4v) is 1.69. The molecule has 0 aliphatic carbocycles. The van der Waals surface area contributed by atoms with E-state index >= 15 is 0 Å². The Kier molecular flexibility index (Phi) is 4.87. The predicted octanol–water partition coefficient (Wildman–Crippen LogP) is 2.34. The molecule has 108 valence electrons. The van der Waals surface area contributed by atoms with Gasteiger partial charge in [-0.05, 0) is 24.3 Å². The van der Waals surface area contributed by atoms with Crippen LogP contribution in [0.2, 0.25) is 0 Å². The van der Waals surface area contributed by atoms with E-state index in [1.807, 2.05) is 0 Å². The number of para-hydroxylation sites is 1. The van der Waals surface area contributed by atoms with Crippen LogP contribution >= 0.6 is 0 Å². The molecular weight excluding hydrogens is 268 g/mol. The summed E-state index contributed by atoms with van der Waals surface area (Å²) in [5.41, 5.74) is 0.440. The highest BCUT2D eigenvalue weighted by Gasteiger charge is 2.12. The number of carbonyl (C=O) groups excluding carboxylic acids is 1. The van der Waals surface area contributed by atoms with E-state index in [2.05, 4.69) is 27.4 Å². The minimum absolute atomic E-state index is 0.298. The van der Waals surface area contributed by atoms with Crippen LogP contribution in [0.1, 0.15) is 10.4 Å². The number of methoxy groups -OCH3 is 1. The number of aromatic nitrogens is 2. The molecule has 2 rings (SSSR count). The molecule has 0 aliphatic rings. The highest BCUT2D eigenvalue weighted by atomic mass is 16.5. The number of rotatable bonds is 6. The fourth-order valence-electron chi connectivity index (χ4n) is 1.69. The Labute approximate surface area is 122 Å². The summed E-state index contributed by atoms with van der Waals surface area (Å²) < 4.78 is 5.15. The van der Waals surface area contributed by atoms with Gasteiger partial charge < -0.3 is 15.4 Å². The van der Waals surface area contributed by atoms with Crippen LogP contribution in [-0.4, -0.2) is 29.8 Å². The molecule has 6 heteroatoms. The van der Waals surface area contributed by atoms with Gasteiger partial charge in [0.25, 0.3) is 5.91 Å². The Hall–Kier alpha value is -2.89. The molecule has 0 spiro atoms. The zero-order valence-corrected chi connectivity index (χ0v) is 11.7. The van der Waals surface area contributed by atoms with Crippen LogP contribution in [-0.2, 0) is 0 Å². The molecule has 1 aromatic carbocycles. The van der Waals surface area contributed by atoms with E-state index in [9.17, 15) is 4.79 Å².